The molecule has 0 aromatic heterocycles. The van der Waals surface area contributed by atoms with Gasteiger partial charge in [0.1, 0.15) is 5.75 Å². The SMILES string of the molecule is C=C(C)[C@@H]1CC[C@]2(NCCN3CCN(Cc4ccc(C(=O)O)cc4)CC3)CC[C@]3(C)[C@H](CC[C@@H]4[C@@]5(C)CC=C(c6ccc(OC=O)cc6)C(C)(C)[C@@H]5CC[C@]43C)[C@@H]12. The second-order valence-electron chi connectivity index (χ2n) is 20.7. The van der Waals surface area contributed by atoms with Gasteiger partial charge in [-0.3, -0.25) is 14.6 Å². The summed E-state index contributed by atoms with van der Waals surface area (Å²) >= 11 is 0. The molecule has 0 amide bonds. The third kappa shape index (κ3) is 6.76. The lowest BCUT2D eigenvalue weighted by Crippen LogP contribution is -2.68. The molecule has 1 aliphatic heterocycles. The van der Waals surface area contributed by atoms with Crippen molar-refractivity contribution in [2.75, 3.05) is 39.3 Å². The summed E-state index contributed by atoms with van der Waals surface area (Å²) in [4.78, 5) is 27.4. The van der Waals surface area contributed by atoms with E-state index in [4.69, 9.17) is 4.74 Å². The van der Waals surface area contributed by atoms with Crippen LogP contribution in [0.5, 0.6) is 5.75 Å². The number of hydrogen-bond acceptors (Lipinski definition) is 6. The van der Waals surface area contributed by atoms with Gasteiger partial charge in [-0.15, -0.1) is 0 Å². The summed E-state index contributed by atoms with van der Waals surface area (Å²) in [5, 5.41) is 13.6. The number of ether oxygens (including phenoxy) is 1. The summed E-state index contributed by atoms with van der Waals surface area (Å²) in [6.07, 6.45) is 14.2. The van der Waals surface area contributed by atoms with Crippen molar-refractivity contribution in [1.82, 2.24) is 15.1 Å². The number of carboxylic acids is 1. The molecular formula is C50H69N3O4. The van der Waals surface area contributed by atoms with Gasteiger partial charge in [-0.05, 0) is 157 Å². The highest BCUT2D eigenvalue weighted by Crippen LogP contribution is 2.76. The van der Waals surface area contributed by atoms with E-state index in [1.165, 1.54) is 73.6 Å². The smallest absolute Gasteiger partial charge is 0.335 e. The van der Waals surface area contributed by atoms with E-state index in [0.717, 1.165) is 52.2 Å². The number of carboxylic acid groups (broad SMARTS) is 1. The molecule has 7 heteroatoms. The number of nitrogens with zero attached hydrogens (tertiary/aromatic N) is 2. The van der Waals surface area contributed by atoms with Crippen molar-refractivity contribution in [2.45, 2.75) is 111 Å². The maximum Gasteiger partial charge on any atom is 0.335 e. The average molecular weight is 776 g/mol. The largest absolute Gasteiger partial charge is 0.478 e. The summed E-state index contributed by atoms with van der Waals surface area (Å²) in [7, 11) is 0. The highest BCUT2D eigenvalue weighted by atomic mass is 16.5. The van der Waals surface area contributed by atoms with E-state index < -0.39 is 5.97 Å². The van der Waals surface area contributed by atoms with Crippen LogP contribution in [0.15, 0.2) is 66.8 Å². The Morgan fingerprint density at radius 3 is 2.23 bits per heavy atom. The maximum absolute atomic E-state index is 11.3. The van der Waals surface area contributed by atoms with Gasteiger partial charge in [0.2, 0.25) is 0 Å². The normalized spacial score (nSPS) is 37.5. The zero-order valence-electron chi connectivity index (χ0n) is 35.7. The number of rotatable bonds is 11. The number of fused-ring (bicyclic) bond motifs is 7. The number of nitrogens with one attached hydrogen (secondary N) is 1. The van der Waals surface area contributed by atoms with E-state index in [9.17, 15) is 14.7 Å². The molecule has 5 fully saturated rings. The van der Waals surface area contributed by atoms with E-state index >= 15 is 0 Å². The third-order valence-electron chi connectivity index (χ3n) is 18.0. The van der Waals surface area contributed by atoms with Crippen LogP contribution < -0.4 is 10.1 Å². The Morgan fingerprint density at radius 2 is 1.56 bits per heavy atom. The first-order valence-electron chi connectivity index (χ1n) is 22.2. The van der Waals surface area contributed by atoms with Crippen molar-refractivity contribution < 1.29 is 19.4 Å². The maximum atomic E-state index is 11.3. The fourth-order valence-electron chi connectivity index (χ4n) is 15.0. The van der Waals surface area contributed by atoms with Crippen LogP contribution in [0.2, 0.25) is 0 Å². The van der Waals surface area contributed by atoms with Crippen LogP contribution in [-0.4, -0.2) is 72.2 Å². The quantitative estimate of drug-likeness (QED) is 0.174. The molecule has 2 aromatic carbocycles. The zero-order chi connectivity index (χ0) is 40.4. The van der Waals surface area contributed by atoms with Crippen LogP contribution in [0.25, 0.3) is 5.57 Å². The van der Waals surface area contributed by atoms with Crippen LogP contribution in [0, 0.1) is 51.2 Å². The van der Waals surface area contributed by atoms with Crippen LogP contribution in [0.4, 0.5) is 0 Å². The Balaban J connectivity index is 0.952. The molecule has 0 spiro atoms. The molecule has 5 aliphatic carbocycles. The van der Waals surface area contributed by atoms with E-state index in [2.05, 4.69) is 81.4 Å². The summed E-state index contributed by atoms with van der Waals surface area (Å²) in [5.41, 5.74) is 6.81. The van der Waals surface area contributed by atoms with Crippen molar-refractivity contribution in [3.8, 4) is 5.75 Å². The summed E-state index contributed by atoms with van der Waals surface area (Å²) in [6, 6.07) is 15.5. The standard InChI is InChI=1S/C50H69N3O4/c1-34(2)39-18-23-50(51-26-27-52-28-30-53(31-29-52)32-35-8-10-37(11-9-35)45(55)56)25-24-48(6)41(44(39)50)16-17-43-47(5)21-19-40(36-12-14-38(15-13-36)57-33-54)46(3,4)42(47)20-22-49(43,48)7/h8-15,19,33,39,41-44,51H,1,16-18,20-32H2,2-7H3,(H,55,56)/t39-,41+,42-,43+,44+,47-,48+,49+,50-/m0/s1. The first kappa shape index (κ1) is 40.5. The van der Waals surface area contributed by atoms with Crippen molar-refractivity contribution in [1.29, 1.82) is 0 Å². The molecule has 2 N–H and O–H groups in total. The minimum Gasteiger partial charge on any atom is -0.478 e. The fourth-order valence-corrected chi connectivity index (χ4v) is 15.0. The molecule has 57 heavy (non-hydrogen) atoms. The van der Waals surface area contributed by atoms with Gasteiger partial charge in [0, 0.05) is 51.4 Å². The van der Waals surface area contributed by atoms with Gasteiger partial charge in [0.15, 0.2) is 0 Å². The highest BCUT2D eigenvalue weighted by Gasteiger charge is 2.70. The molecule has 0 unspecified atom stereocenters. The van der Waals surface area contributed by atoms with Crippen LogP contribution in [-0.2, 0) is 11.3 Å². The number of carbonyl (C=O) groups is 2. The zero-order valence-corrected chi connectivity index (χ0v) is 35.7. The van der Waals surface area contributed by atoms with Gasteiger partial charge in [0.05, 0.1) is 5.56 Å². The van der Waals surface area contributed by atoms with Crippen LogP contribution in [0.1, 0.15) is 121 Å². The first-order chi connectivity index (χ1) is 27.1. The lowest BCUT2D eigenvalue weighted by Gasteiger charge is -2.72. The second-order valence-corrected chi connectivity index (χ2v) is 20.7. The van der Waals surface area contributed by atoms with Gasteiger partial charge >= 0.3 is 5.97 Å². The number of piperazine rings is 1. The van der Waals surface area contributed by atoms with Crippen molar-refractivity contribution in [3.05, 3.63) is 83.4 Å². The Kier molecular flexibility index (Phi) is 10.7. The number of benzene rings is 2. The van der Waals surface area contributed by atoms with E-state index in [0.29, 0.717) is 58.2 Å². The Bertz CT molecular complexity index is 1860. The Morgan fingerprint density at radius 1 is 0.860 bits per heavy atom. The van der Waals surface area contributed by atoms with Crippen LogP contribution >= 0.6 is 0 Å². The number of aromatic carboxylic acids is 1. The minimum absolute atomic E-state index is 0.0592. The molecular weight excluding hydrogens is 707 g/mol. The van der Waals surface area contributed by atoms with E-state index in [1.54, 1.807) is 12.1 Å². The fraction of sp³-hybridized carbons (Fsp3) is 0.640. The average Bonchev–Trinajstić information content (AvgIpc) is 3.56. The van der Waals surface area contributed by atoms with Crippen molar-refractivity contribution >= 4 is 18.0 Å². The molecule has 0 radical (unpaired) electrons. The number of carbonyl (C=O) groups excluding carboxylic acids is 1. The molecule has 8 rings (SSSR count). The third-order valence-corrected chi connectivity index (χ3v) is 18.0. The first-order valence-corrected chi connectivity index (χ1v) is 22.2. The van der Waals surface area contributed by atoms with Gasteiger partial charge < -0.3 is 15.2 Å². The number of hydrogen-bond donors (Lipinski definition) is 2. The van der Waals surface area contributed by atoms with E-state index in [1.807, 2.05) is 24.3 Å². The molecule has 0 bridgehead atoms. The molecule has 308 valence electrons. The molecule has 9 atom stereocenters. The van der Waals surface area contributed by atoms with Gasteiger partial charge in [0.25, 0.3) is 6.47 Å². The topological polar surface area (TPSA) is 82.1 Å². The lowest BCUT2D eigenvalue weighted by atomic mass is 9.33. The predicted octanol–water partition coefficient (Wildman–Crippen LogP) is 9.73. The highest BCUT2D eigenvalue weighted by molar-refractivity contribution is 5.87. The van der Waals surface area contributed by atoms with E-state index in [-0.39, 0.29) is 16.4 Å². The summed E-state index contributed by atoms with van der Waals surface area (Å²) < 4.78 is 5.12. The summed E-state index contributed by atoms with van der Waals surface area (Å²) in [6.45, 7) is 28.0. The lowest BCUT2D eigenvalue weighted by molar-refractivity contribution is -0.219. The monoisotopic (exact) mass is 776 g/mol. The van der Waals surface area contributed by atoms with Crippen molar-refractivity contribution in [3.63, 3.8) is 0 Å². The van der Waals surface area contributed by atoms with Crippen LogP contribution in [0.3, 0.4) is 0 Å². The van der Waals surface area contributed by atoms with Crippen molar-refractivity contribution in [2.24, 2.45) is 51.2 Å². The molecule has 1 saturated heterocycles. The molecule has 7 nitrogen and oxygen atoms in total. The molecule has 1 heterocycles. The van der Waals surface area contributed by atoms with Gasteiger partial charge in [-0.1, -0.05) is 77.1 Å². The molecule has 4 saturated carbocycles. The minimum atomic E-state index is -0.867. The summed E-state index contributed by atoms with van der Waals surface area (Å²) in [5.74, 6) is 3.04. The molecule has 2 aromatic rings. The number of allylic oxidation sites excluding steroid dienone is 3. The molecule has 6 aliphatic rings. The van der Waals surface area contributed by atoms with Gasteiger partial charge in [-0.2, -0.15) is 0 Å². The predicted molar refractivity (Wildman–Crippen MR) is 229 cm³/mol. The van der Waals surface area contributed by atoms with Gasteiger partial charge in [-0.25, -0.2) is 4.79 Å². The Labute approximate surface area is 342 Å². The Hall–Kier alpha value is -3.26. The second kappa shape index (κ2) is 15.1.